The number of nitriles is 1. The van der Waals surface area contributed by atoms with Crippen molar-refractivity contribution in [2.75, 3.05) is 0 Å². The molecule has 0 aliphatic heterocycles. The van der Waals surface area contributed by atoms with Gasteiger partial charge in [0.25, 0.3) is 0 Å². The van der Waals surface area contributed by atoms with Crippen molar-refractivity contribution in [2.45, 2.75) is 6.92 Å². The third-order valence-electron chi connectivity index (χ3n) is 2.39. The van der Waals surface area contributed by atoms with Crippen molar-refractivity contribution in [3.8, 4) is 16.5 Å². The number of nitrogens with zero attached hydrogens (tertiary/aromatic N) is 1. The van der Waals surface area contributed by atoms with Gasteiger partial charge in [0, 0.05) is 10.4 Å². The number of hydrogen-bond acceptors (Lipinski definition) is 3. The van der Waals surface area contributed by atoms with Crippen molar-refractivity contribution < 1.29 is 9.90 Å². The first-order chi connectivity index (χ1) is 8.11. The van der Waals surface area contributed by atoms with Crippen molar-refractivity contribution >= 4 is 17.3 Å². The Morgan fingerprint density at radius 2 is 2.12 bits per heavy atom. The van der Waals surface area contributed by atoms with E-state index in [-0.39, 0.29) is 5.56 Å². The number of aromatic carboxylic acids is 1. The molecule has 3 nitrogen and oxygen atoms in total. The third-order valence-corrected chi connectivity index (χ3v) is 3.41. The molecule has 0 fully saturated rings. The van der Waals surface area contributed by atoms with Crippen LogP contribution >= 0.6 is 11.3 Å². The van der Waals surface area contributed by atoms with E-state index in [1.807, 2.05) is 13.0 Å². The molecule has 4 heteroatoms. The lowest BCUT2D eigenvalue weighted by Gasteiger charge is -2.04. The second-order valence-corrected chi connectivity index (χ2v) is 4.71. The van der Waals surface area contributed by atoms with Gasteiger partial charge >= 0.3 is 5.97 Å². The molecule has 0 amide bonds. The highest BCUT2D eigenvalue weighted by Gasteiger charge is 2.13. The molecule has 0 spiro atoms. The summed E-state index contributed by atoms with van der Waals surface area (Å²) >= 11 is 1.30. The SMILES string of the molecule is Cc1ccc(C(=O)O)c(-c2ccc(C#N)s2)c1. The van der Waals surface area contributed by atoms with Crippen LogP contribution in [0.15, 0.2) is 30.3 Å². The minimum atomic E-state index is -0.952. The van der Waals surface area contributed by atoms with Crippen LogP contribution in [0.2, 0.25) is 0 Å². The number of hydrogen-bond donors (Lipinski definition) is 1. The topological polar surface area (TPSA) is 61.1 Å². The fraction of sp³-hybridized carbons (Fsp3) is 0.0769. The van der Waals surface area contributed by atoms with Crippen LogP contribution in [-0.4, -0.2) is 11.1 Å². The Labute approximate surface area is 103 Å². The van der Waals surface area contributed by atoms with E-state index < -0.39 is 5.97 Å². The number of carbonyl (C=O) groups is 1. The molecular formula is C13H9NO2S. The summed E-state index contributed by atoms with van der Waals surface area (Å²) in [5.41, 5.74) is 1.93. The van der Waals surface area contributed by atoms with Crippen molar-refractivity contribution in [3.63, 3.8) is 0 Å². The first kappa shape index (κ1) is 11.4. The summed E-state index contributed by atoms with van der Waals surface area (Å²) in [6.45, 7) is 1.91. The average molecular weight is 243 g/mol. The monoisotopic (exact) mass is 243 g/mol. The summed E-state index contributed by atoms with van der Waals surface area (Å²) in [5, 5.41) is 17.9. The van der Waals surface area contributed by atoms with Gasteiger partial charge in [-0.15, -0.1) is 11.3 Å². The quantitative estimate of drug-likeness (QED) is 0.880. The summed E-state index contributed by atoms with van der Waals surface area (Å²) < 4.78 is 0. The van der Waals surface area contributed by atoms with Gasteiger partial charge in [-0.05, 0) is 31.2 Å². The number of thiophene rings is 1. The molecule has 0 aliphatic carbocycles. The minimum absolute atomic E-state index is 0.266. The smallest absolute Gasteiger partial charge is 0.336 e. The van der Waals surface area contributed by atoms with Gasteiger partial charge in [-0.2, -0.15) is 5.26 Å². The van der Waals surface area contributed by atoms with Crippen molar-refractivity contribution in [2.24, 2.45) is 0 Å². The normalized spacial score (nSPS) is 9.88. The van der Waals surface area contributed by atoms with Crippen molar-refractivity contribution in [3.05, 3.63) is 46.3 Å². The number of carboxylic acids is 1. The van der Waals surface area contributed by atoms with Crippen LogP contribution in [-0.2, 0) is 0 Å². The van der Waals surface area contributed by atoms with Gasteiger partial charge in [-0.1, -0.05) is 11.6 Å². The van der Waals surface area contributed by atoms with Crippen LogP contribution in [0.3, 0.4) is 0 Å². The zero-order chi connectivity index (χ0) is 12.4. The maximum Gasteiger partial charge on any atom is 0.336 e. The Morgan fingerprint density at radius 1 is 1.35 bits per heavy atom. The van der Waals surface area contributed by atoms with Crippen molar-refractivity contribution in [1.82, 2.24) is 0 Å². The lowest BCUT2D eigenvalue weighted by Crippen LogP contribution is -1.98. The van der Waals surface area contributed by atoms with Crippen LogP contribution in [0.1, 0.15) is 20.8 Å². The standard InChI is InChI=1S/C13H9NO2S/c1-8-2-4-10(13(15)16)11(6-8)12-5-3-9(7-14)17-12/h2-6H,1H3,(H,15,16). The van der Waals surface area contributed by atoms with Gasteiger partial charge < -0.3 is 5.11 Å². The lowest BCUT2D eigenvalue weighted by molar-refractivity contribution is 0.0698. The first-order valence-electron chi connectivity index (χ1n) is 4.96. The number of aryl methyl sites for hydroxylation is 1. The molecule has 0 bridgehead atoms. The molecule has 2 aromatic rings. The predicted octanol–water partition coefficient (Wildman–Crippen LogP) is 3.29. The highest BCUT2D eigenvalue weighted by Crippen LogP contribution is 2.31. The molecule has 0 saturated carbocycles. The van der Waals surface area contributed by atoms with Gasteiger partial charge in [0.05, 0.1) is 5.56 Å². The molecular weight excluding hydrogens is 234 g/mol. The van der Waals surface area contributed by atoms with Gasteiger partial charge in [0.1, 0.15) is 10.9 Å². The number of carboxylic acid groups (broad SMARTS) is 1. The zero-order valence-corrected chi connectivity index (χ0v) is 9.91. The molecule has 0 saturated heterocycles. The average Bonchev–Trinajstić information content (AvgIpc) is 2.76. The second-order valence-electron chi connectivity index (χ2n) is 3.63. The van der Waals surface area contributed by atoms with Gasteiger partial charge in [-0.25, -0.2) is 4.79 Å². The minimum Gasteiger partial charge on any atom is -0.478 e. The van der Waals surface area contributed by atoms with E-state index in [2.05, 4.69) is 6.07 Å². The van der Waals surface area contributed by atoms with E-state index >= 15 is 0 Å². The second kappa shape index (κ2) is 4.40. The summed E-state index contributed by atoms with van der Waals surface area (Å²) in [6, 6.07) is 10.7. The molecule has 0 unspecified atom stereocenters. The molecule has 0 radical (unpaired) electrons. The Balaban J connectivity index is 2.61. The lowest BCUT2D eigenvalue weighted by atomic mass is 10.0. The largest absolute Gasteiger partial charge is 0.478 e. The Hall–Kier alpha value is -2.12. The zero-order valence-electron chi connectivity index (χ0n) is 9.10. The predicted molar refractivity (Wildman–Crippen MR) is 66.2 cm³/mol. The van der Waals surface area contributed by atoms with Crippen LogP contribution in [0, 0.1) is 18.3 Å². The number of benzene rings is 1. The molecule has 2 rings (SSSR count). The van der Waals surface area contributed by atoms with Crippen LogP contribution < -0.4 is 0 Å². The molecule has 1 heterocycles. The third kappa shape index (κ3) is 2.19. The van der Waals surface area contributed by atoms with Gasteiger partial charge in [0.15, 0.2) is 0 Å². The van der Waals surface area contributed by atoms with E-state index in [0.29, 0.717) is 10.4 Å². The number of rotatable bonds is 2. The summed E-state index contributed by atoms with van der Waals surface area (Å²) in [7, 11) is 0. The molecule has 17 heavy (non-hydrogen) atoms. The summed E-state index contributed by atoms with van der Waals surface area (Å²) in [4.78, 5) is 12.5. The van der Waals surface area contributed by atoms with Gasteiger partial charge in [0.2, 0.25) is 0 Å². The highest BCUT2D eigenvalue weighted by molar-refractivity contribution is 7.16. The maximum absolute atomic E-state index is 11.1. The Kier molecular flexibility index (Phi) is 2.94. The highest BCUT2D eigenvalue weighted by atomic mass is 32.1. The van der Waals surface area contributed by atoms with E-state index in [1.165, 1.54) is 11.3 Å². The molecule has 84 valence electrons. The summed E-state index contributed by atoms with van der Waals surface area (Å²) in [6.07, 6.45) is 0. The molecule has 0 atom stereocenters. The fourth-order valence-electron chi connectivity index (χ4n) is 1.59. The van der Waals surface area contributed by atoms with Gasteiger partial charge in [-0.3, -0.25) is 0 Å². The maximum atomic E-state index is 11.1. The van der Waals surface area contributed by atoms with Crippen molar-refractivity contribution in [1.29, 1.82) is 5.26 Å². The van der Waals surface area contributed by atoms with Crippen LogP contribution in [0.25, 0.3) is 10.4 Å². The van der Waals surface area contributed by atoms with Crippen LogP contribution in [0.5, 0.6) is 0 Å². The van der Waals surface area contributed by atoms with E-state index in [9.17, 15) is 4.79 Å². The molecule has 0 aliphatic rings. The molecule has 1 aromatic heterocycles. The van der Waals surface area contributed by atoms with E-state index in [4.69, 9.17) is 10.4 Å². The molecule has 1 aromatic carbocycles. The summed E-state index contributed by atoms with van der Waals surface area (Å²) in [5.74, 6) is -0.952. The Bertz CT molecular complexity index is 623. The fourth-order valence-corrected chi connectivity index (χ4v) is 2.42. The molecule has 1 N–H and O–H groups in total. The Morgan fingerprint density at radius 3 is 2.71 bits per heavy atom. The first-order valence-corrected chi connectivity index (χ1v) is 5.77. The van der Waals surface area contributed by atoms with Crippen LogP contribution in [0.4, 0.5) is 0 Å². The van der Waals surface area contributed by atoms with E-state index in [0.717, 1.165) is 10.4 Å². The van der Waals surface area contributed by atoms with E-state index in [1.54, 1.807) is 24.3 Å².